The number of hydrogen-bond acceptors (Lipinski definition) is 2. The van der Waals surface area contributed by atoms with Crippen molar-refractivity contribution >= 4 is 6.29 Å². The highest BCUT2D eigenvalue weighted by Crippen LogP contribution is 2.18. The molecule has 0 aliphatic carbocycles. The van der Waals surface area contributed by atoms with E-state index < -0.39 is 0 Å². The van der Waals surface area contributed by atoms with Crippen LogP contribution >= 0.6 is 0 Å². The first-order chi connectivity index (χ1) is 9.20. The molecule has 1 heterocycles. The van der Waals surface area contributed by atoms with Gasteiger partial charge in [-0.25, -0.2) is 0 Å². The van der Waals surface area contributed by atoms with Gasteiger partial charge in [-0.05, 0) is 35.7 Å². The van der Waals surface area contributed by atoms with Crippen LogP contribution < -0.4 is 4.74 Å². The van der Waals surface area contributed by atoms with Crippen molar-refractivity contribution in [2.24, 2.45) is 0 Å². The fourth-order valence-electron chi connectivity index (χ4n) is 1.95. The van der Waals surface area contributed by atoms with Gasteiger partial charge < -0.3 is 9.30 Å². The third-order valence-corrected chi connectivity index (χ3v) is 3.13. The first kappa shape index (κ1) is 13.4. The average Bonchev–Trinajstić information content (AvgIpc) is 2.87. The van der Waals surface area contributed by atoms with Crippen molar-refractivity contribution in [3.05, 3.63) is 53.9 Å². The van der Waals surface area contributed by atoms with E-state index in [4.69, 9.17) is 4.74 Å². The molecule has 0 aliphatic rings. The average molecular weight is 257 g/mol. The largest absolute Gasteiger partial charge is 0.492 e. The summed E-state index contributed by atoms with van der Waals surface area (Å²) in [5, 5.41) is 0. The Morgan fingerprint density at radius 3 is 2.58 bits per heavy atom. The second-order valence-electron chi connectivity index (χ2n) is 4.82. The number of aromatic nitrogens is 1. The molecule has 2 rings (SSSR count). The molecule has 0 aliphatic heterocycles. The Balaban J connectivity index is 1.87. The van der Waals surface area contributed by atoms with Gasteiger partial charge >= 0.3 is 0 Å². The summed E-state index contributed by atoms with van der Waals surface area (Å²) in [6.07, 6.45) is 2.74. The Morgan fingerprint density at radius 1 is 1.21 bits per heavy atom. The third-order valence-electron chi connectivity index (χ3n) is 3.13. The SMILES string of the molecule is CC(C)c1ccc(OCCn2cccc2C=O)cc1. The molecule has 19 heavy (non-hydrogen) atoms. The molecular formula is C16H19NO2. The maximum Gasteiger partial charge on any atom is 0.166 e. The van der Waals surface area contributed by atoms with Crippen LogP contribution in [0.2, 0.25) is 0 Å². The minimum Gasteiger partial charge on any atom is -0.492 e. The maximum absolute atomic E-state index is 10.8. The van der Waals surface area contributed by atoms with Crippen LogP contribution in [0.1, 0.15) is 35.8 Å². The Labute approximate surface area is 113 Å². The molecule has 1 aromatic carbocycles. The van der Waals surface area contributed by atoms with Gasteiger partial charge in [-0.1, -0.05) is 26.0 Å². The van der Waals surface area contributed by atoms with Crippen molar-refractivity contribution in [1.29, 1.82) is 0 Å². The summed E-state index contributed by atoms with van der Waals surface area (Å²) in [5.41, 5.74) is 1.99. The molecule has 0 N–H and O–H groups in total. The summed E-state index contributed by atoms with van der Waals surface area (Å²) < 4.78 is 7.56. The number of aldehydes is 1. The van der Waals surface area contributed by atoms with Crippen LogP contribution in [0.25, 0.3) is 0 Å². The highest BCUT2D eigenvalue weighted by molar-refractivity contribution is 5.72. The number of ether oxygens (including phenoxy) is 1. The topological polar surface area (TPSA) is 31.2 Å². The first-order valence-electron chi connectivity index (χ1n) is 6.54. The monoisotopic (exact) mass is 257 g/mol. The van der Waals surface area contributed by atoms with Crippen molar-refractivity contribution in [3.8, 4) is 5.75 Å². The standard InChI is InChI=1S/C16H19NO2/c1-13(2)14-5-7-16(8-6-14)19-11-10-17-9-3-4-15(17)12-18/h3-9,12-13H,10-11H2,1-2H3. The molecular weight excluding hydrogens is 238 g/mol. The van der Waals surface area contributed by atoms with Gasteiger partial charge in [-0.15, -0.1) is 0 Å². The smallest absolute Gasteiger partial charge is 0.166 e. The minimum absolute atomic E-state index is 0.532. The number of carbonyl (C=O) groups is 1. The summed E-state index contributed by atoms with van der Waals surface area (Å²) in [6.45, 7) is 5.56. The molecule has 0 atom stereocenters. The molecule has 0 fully saturated rings. The van der Waals surface area contributed by atoms with Gasteiger partial charge in [0, 0.05) is 6.20 Å². The number of hydrogen-bond donors (Lipinski definition) is 0. The van der Waals surface area contributed by atoms with Gasteiger partial charge in [0.15, 0.2) is 6.29 Å². The van der Waals surface area contributed by atoms with Crippen molar-refractivity contribution in [2.45, 2.75) is 26.3 Å². The van der Waals surface area contributed by atoms with Crippen LogP contribution in [0.5, 0.6) is 5.75 Å². The number of nitrogens with zero attached hydrogens (tertiary/aromatic N) is 1. The number of benzene rings is 1. The normalized spacial score (nSPS) is 10.7. The Bertz CT molecular complexity index is 526. The summed E-state index contributed by atoms with van der Waals surface area (Å²) in [7, 11) is 0. The van der Waals surface area contributed by atoms with Crippen LogP contribution in [0, 0.1) is 0 Å². The van der Waals surface area contributed by atoms with Gasteiger partial charge in [-0.3, -0.25) is 4.79 Å². The molecule has 0 amide bonds. The fraction of sp³-hybridized carbons (Fsp3) is 0.312. The molecule has 0 bridgehead atoms. The van der Waals surface area contributed by atoms with Gasteiger partial charge in [0.25, 0.3) is 0 Å². The highest BCUT2D eigenvalue weighted by Gasteiger charge is 2.01. The molecule has 1 aromatic heterocycles. The molecule has 3 heteroatoms. The summed E-state index contributed by atoms with van der Waals surface area (Å²) in [6, 6.07) is 11.8. The lowest BCUT2D eigenvalue weighted by molar-refractivity contribution is 0.111. The third kappa shape index (κ3) is 3.47. The number of rotatable bonds is 6. The van der Waals surface area contributed by atoms with E-state index >= 15 is 0 Å². The molecule has 3 nitrogen and oxygen atoms in total. The first-order valence-corrected chi connectivity index (χ1v) is 6.54. The zero-order valence-electron chi connectivity index (χ0n) is 11.4. The van der Waals surface area contributed by atoms with Crippen LogP contribution in [0.15, 0.2) is 42.6 Å². The van der Waals surface area contributed by atoms with E-state index in [0.29, 0.717) is 24.8 Å². The van der Waals surface area contributed by atoms with Crippen molar-refractivity contribution in [2.75, 3.05) is 6.61 Å². The Morgan fingerprint density at radius 2 is 1.95 bits per heavy atom. The predicted octanol–water partition coefficient (Wildman–Crippen LogP) is 3.50. The molecule has 0 spiro atoms. The van der Waals surface area contributed by atoms with E-state index in [1.165, 1.54) is 5.56 Å². The van der Waals surface area contributed by atoms with E-state index in [2.05, 4.69) is 26.0 Å². The summed E-state index contributed by atoms with van der Waals surface area (Å²) in [5.74, 6) is 1.40. The van der Waals surface area contributed by atoms with Crippen molar-refractivity contribution in [3.63, 3.8) is 0 Å². The van der Waals surface area contributed by atoms with Gasteiger partial charge in [0.2, 0.25) is 0 Å². The lowest BCUT2D eigenvalue weighted by atomic mass is 10.0. The van der Waals surface area contributed by atoms with Crippen LogP contribution in [-0.2, 0) is 6.54 Å². The molecule has 0 radical (unpaired) electrons. The fourth-order valence-corrected chi connectivity index (χ4v) is 1.95. The molecule has 100 valence electrons. The van der Waals surface area contributed by atoms with E-state index in [1.807, 2.05) is 29.0 Å². The summed E-state index contributed by atoms with van der Waals surface area (Å²) >= 11 is 0. The lowest BCUT2D eigenvalue weighted by Crippen LogP contribution is -2.09. The molecule has 2 aromatic rings. The highest BCUT2D eigenvalue weighted by atomic mass is 16.5. The summed E-state index contributed by atoms with van der Waals surface area (Å²) in [4.78, 5) is 10.8. The van der Waals surface area contributed by atoms with Crippen molar-refractivity contribution < 1.29 is 9.53 Å². The van der Waals surface area contributed by atoms with E-state index in [0.717, 1.165) is 12.0 Å². The predicted molar refractivity (Wildman–Crippen MR) is 75.8 cm³/mol. The zero-order chi connectivity index (χ0) is 13.7. The minimum atomic E-state index is 0.532. The van der Waals surface area contributed by atoms with Crippen molar-refractivity contribution in [1.82, 2.24) is 4.57 Å². The van der Waals surface area contributed by atoms with E-state index in [-0.39, 0.29) is 0 Å². The van der Waals surface area contributed by atoms with Gasteiger partial charge in [-0.2, -0.15) is 0 Å². The molecule has 0 unspecified atom stereocenters. The van der Waals surface area contributed by atoms with Gasteiger partial charge in [0.05, 0.1) is 12.2 Å². The van der Waals surface area contributed by atoms with Gasteiger partial charge in [0.1, 0.15) is 12.4 Å². The lowest BCUT2D eigenvalue weighted by Gasteiger charge is -2.10. The Hall–Kier alpha value is -2.03. The van der Waals surface area contributed by atoms with Crippen LogP contribution in [-0.4, -0.2) is 17.5 Å². The Kier molecular flexibility index (Phi) is 4.39. The second kappa shape index (κ2) is 6.23. The number of carbonyl (C=O) groups excluding carboxylic acids is 1. The zero-order valence-corrected chi connectivity index (χ0v) is 11.4. The van der Waals surface area contributed by atoms with Crippen LogP contribution in [0.3, 0.4) is 0 Å². The quantitative estimate of drug-likeness (QED) is 0.742. The second-order valence-corrected chi connectivity index (χ2v) is 4.82. The molecule has 0 saturated heterocycles. The van der Waals surface area contributed by atoms with E-state index in [1.54, 1.807) is 6.07 Å². The maximum atomic E-state index is 10.8. The van der Waals surface area contributed by atoms with E-state index in [9.17, 15) is 4.79 Å². The van der Waals surface area contributed by atoms with Crippen LogP contribution in [0.4, 0.5) is 0 Å². The molecule has 0 saturated carbocycles.